The van der Waals surface area contributed by atoms with Crippen LogP contribution in [-0.4, -0.2) is 5.97 Å². The van der Waals surface area contributed by atoms with Crippen LogP contribution in [0.4, 0.5) is 0 Å². The Kier molecular flexibility index (Phi) is 4.99. The minimum absolute atomic E-state index is 0.328. The van der Waals surface area contributed by atoms with Crippen molar-refractivity contribution in [2.75, 3.05) is 0 Å². The largest absolute Gasteiger partial charge is 0.488 e. The zero-order chi connectivity index (χ0) is 15.2. The summed E-state index contributed by atoms with van der Waals surface area (Å²) in [5, 5.41) is 0. The monoisotopic (exact) mass is 284 g/mol. The molecule has 0 aliphatic rings. The zero-order valence-corrected chi connectivity index (χ0v) is 12.7. The summed E-state index contributed by atoms with van der Waals surface area (Å²) in [6.07, 6.45) is 1.01. The first kappa shape index (κ1) is 15.1. The summed E-state index contributed by atoms with van der Waals surface area (Å²) in [5.74, 6) is 1.07. The number of aryl methyl sites for hydroxylation is 2. The van der Waals surface area contributed by atoms with Crippen molar-refractivity contribution in [2.45, 2.75) is 33.8 Å². The smallest absolute Gasteiger partial charge is 0.308 e. The highest BCUT2D eigenvalue weighted by molar-refractivity contribution is 5.69. The molecule has 0 heterocycles. The lowest BCUT2D eigenvalue weighted by Gasteiger charge is -2.12. The summed E-state index contributed by atoms with van der Waals surface area (Å²) in [6, 6.07) is 13.6. The summed E-state index contributed by atoms with van der Waals surface area (Å²) in [5.41, 5.74) is 3.26. The Balaban J connectivity index is 2.11. The molecule has 0 fully saturated rings. The second kappa shape index (κ2) is 6.93. The summed E-state index contributed by atoms with van der Waals surface area (Å²) in [4.78, 5) is 11.1. The van der Waals surface area contributed by atoms with Gasteiger partial charge >= 0.3 is 5.97 Å². The molecule has 0 unspecified atom stereocenters. The second-order valence-electron chi connectivity index (χ2n) is 4.94. The van der Waals surface area contributed by atoms with E-state index in [1.165, 1.54) is 12.5 Å². The van der Waals surface area contributed by atoms with Crippen molar-refractivity contribution in [3.8, 4) is 11.5 Å². The molecule has 0 saturated carbocycles. The minimum Gasteiger partial charge on any atom is -0.488 e. The molecule has 0 spiro atoms. The molecular formula is C18H20O3. The molecule has 3 heteroatoms. The average molecular weight is 284 g/mol. The van der Waals surface area contributed by atoms with Crippen molar-refractivity contribution in [3.63, 3.8) is 0 Å². The van der Waals surface area contributed by atoms with Gasteiger partial charge in [0.1, 0.15) is 18.1 Å². The normalized spacial score (nSPS) is 10.2. The summed E-state index contributed by atoms with van der Waals surface area (Å²) in [7, 11) is 0. The Morgan fingerprint density at radius 2 is 1.86 bits per heavy atom. The fourth-order valence-corrected chi connectivity index (χ4v) is 2.13. The quantitative estimate of drug-likeness (QED) is 0.613. The van der Waals surface area contributed by atoms with Crippen LogP contribution in [0.15, 0.2) is 42.5 Å². The summed E-state index contributed by atoms with van der Waals surface area (Å²) in [6.45, 7) is 5.93. The van der Waals surface area contributed by atoms with Gasteiger partial charge < -0.3 is 9.47 Å². The molecule has 0 amide bonds. The van der Waals surface area contributed by atoms with E-state index in [0.29, 0.717) is 12.4 Å². The molecule has 110 valence electrons. The summed E-state index contributed by atoms with van der Waals surface area (Å²) < 4.78 is 11.0. The van der Waals surface area contributed by atoms with Crippen molar-refractivity contribution in [2.24, 2.45) is 0 Å². The fraction of sp³-hybridized carbons (Fsp3) is 0.278. The first-order valence-corrected chi connectivity index (χ1v) is 7.08. The van der Waals surface area contributed by atoms with E-state index in [1.54, 1.807) is 6.07 Å². The van der Waals surface area contributed by atoms with E-state index in [-0.39, 0.29) is 5.97 Å². The molecular weight excluding hydrogens is 264 g/mol. The number of benzene rings is 2. The van der Waals surface area contributed by atoms with E-state index in [1.807, 2.05) is 31.2 Å². The van der Waals surface area contributed by atoms with E-state index < -0.39 is 0 Å². The van der Waals surface area contributed by atoms with Crippen LogP contribution in [0.2, 0.25) is 0 Å². The number of carbonyl (C=O) groups excluding carboxylic acids is 1. The van der Waals surface area contributed by atoms with Gasteiger partial charge in [0, 0.05) is 12.5 Å². The number of ether oxygens (including phenoxy) is 2. The van der Waals surface area contributed by atoms with E-state index in [9.17, 15) is 4.79 Å². The van der Waals surface area contributed by atoms with E-state index >= 15 is 0 Å². The molecule has 0 radical (unpaired) electrons. The Labute approximate surface area is 125 Å². The van der Waals surface area contributed by atoms with Gasteiger partial charge in [0.25, 0.3) is 0 Å². The van der Waals surface area contributed by atoms with Crippen LogP contribution in [0.3, 0.4) is 0 Å². The van der Waals surface area contributed by atoms with Crippen LogP contribution in [0.1, 0.15) is 30.5 Å². The van der Waals surface area contributed by atoms with Crippen LogP contribution >= 0.6 is 0 Å². The van der Waals surface area contributed by atoms with E-state index in [0.717, 1.165) is 23.3 Å². The van der Waals surface area contributed by atoms with Gasteiger partial charge in [-0.25, -0.2) is 0 Å². The van der Waals surface area contributed by atoms with Gasteiger partial charge in [-0.05, 0) is 36.6 Å². The Morgan fingerprint density at radius 3 is 2.52 bits per heavy atom. The lowest BCUT2D eigenvalue weighted by molar-refractivity contribution is -0.131. The number of carbonyl (C=O) groups is 1. The third-order valence-electron chi connectivity index (χ3n) is 3.26. The number of hydrogen-bond donors (Lipinski definition) is 0. The maximum atomic E-state index is 11.1. The third-order valence-corrected chi connectivity index (χ3v) is 3.26. The molecule has 2 aromatic rings. The molecule has 0 atom stereocenters. The van der Waals surface area contributed by atoms with Crippen LogP contribution in [0.5, 0.6) is 11.5 Å². The topological polar surface area (TPSA) is 35.5 Å². The highest BCUT2D eigenvalue weighted by atomic mass is 16.5. The number of esters is 1. The van der Waals surface area contributed by atoms with Gasteiger partial charge in [-0.2, -0.15) is 0 Å². The highest BCUT2D eigenvalue weighted by Crippen LogP contribution is 2.24. The van der Waals surface area contributed by atoms with Gasteiger partial charge in [-0.15, -0.1) is 0 Å². The van der Waals surface area contributed by atoms with E-state index in [2.05, 4.69) is 19.1 Å². The SMILES string of the molecule is CCc1ccc(OCc2ccccc2OC(C)=O)c(C)c1. The molecule has 2 rings (SSSR count). The molecule has 0 aromatic heterocycles. The summed E-state index contributed by atoms with van der Waals surface area (Å²) >= 11 is 0. The zero-order valence-electron chi connectivity index (χ0n) is 12.7. The number of hydrogen-bond acceptors (Lipinski definition) is 3. The van der Waals surface area contributed by atoms with Gasteiger partial charge in [0.2, 0.25) is 0 Å². The van der Waals surface area contributed by atoms with Gasteiger partial charge in [0.15, 0.2) is 0 Å². The van der Waals surface area contributed by atoms with Gasteiger partial charge in [-0.1, -0.05) is 37.3 Å². The molecule has 3 nitrogen and oxygen atoms in total. The van der Waals surface area contributed by atoms with Crippen LogP contribution in [0.25, 0.3) is 0 Å². The lowest BCUT2D eigenvalue weighted by Crippen LogP contribution is -2.06. The molecule has 0 bridgehead atoms. The van der Waals surface area contributed by atoms with Crippen molar-refractivity contribution < 1.29 is 14.3 Å². The average Bonchev–Trinajstić information content (AvgIpc) is 2.46. The molecule has 0 N–H and O–H groups in total. The number of para-hydroxylation sites is 1. The maximum Gasteiger partial charge on any atom is 0.308 e. The first-order chi connectivity index (χ1) is 10.1. The highest BCUT2D eigenvalue weighted by Gasteiger charge is 2.07. The second-order valence-corrected chi connectivity index (χ2v) is 4.94. The predicted molar refractivity (Wildman–Crippen MR) is 82.6 cm³/mol. The van der Waals surface area contributed by atoms with Crippen molar-refractivity contribution >= 4 is 5.97 Å². The predicted octanol–water partition coefficient (Wildman–Crippen LogP) is 4.06. The Morgan fingerprint density at radius 1 is 1.10 bits per heavy atom. The maximum absolute atomic E-state index is 11.1. The van der Waals surface area contributed by atoms with Crippen molar-refractivity contribution in [1.82, 2.24) is 0 Å². The van der Waals surface area contributed by atoms with E-state index in [4.69, 9.17) is 9.47 Å². The molecule has 2 aromatic carbocycles. The Bertz CT molecular complexity index is 632. The molecule has 0 aliphatic heterocycles. The molecule has 0 aliphatic carbocycles. The first-order valence-electron chi connectivity index (χ1n) is 7.08. The van der Waals surface area contributed by atoms with Crippen LogP contribution in [-0.2, 0) is 17.8 Å². The van der Waals surface area contributed by atoms with Crippen molar-refractivity contribution in [1.29, 1.82) is 0 Å². The fourth-order valence-electron chi connectivity index (χ4n) is 2.13. The standard InChI is InChI=1S/C18H20O3/c1-4-15-9-10-17(13(2)11-15)20-12-16-7-5-6-8-18(16)21-14(3)19/h5-11H,4,12H2,1-3H3. The molecule has 0 saturated heterocycles. The van der Waals surface area contributed by atoms with Gasteiger partial charge in [-0.3, -0.25) is 4.79 Å². The minimum atomic E-state index is -0.328. The third kappa shape index (κ3) is 4.09. The van der Waals surface area contributed by atoms with Crippen LogP contribution < -0.4 is 9.47 Å². The lowest BCUT2D eigenvalue weighted by atomic mass is 10.1. The van der Waals surface area contributed by atoms with Crippen LogP contribution in [0, 0.1) is 6.92 Å². The molecule has 21 heavy (non-hydrogen) atoms. The Hall–Kier alpha value is -2.29. The number of rotatable bonds is 5. The van der Waals surface area contributed by atoms with Crippen molar-refractivity contribution in [3.05, 3.63) is 59.2 Å². The van der Waals surface area contributed by atoms with Gasteiger partial charge in [0.05, 0.1) is 0 Å².